The van der Waals surface area contributed by atoms with Crippen molar-refractivity contribution in [2.24, 2.45) is 0 Å². The standard InChI is InChI=1S/C10H12O2.C4H10.C3H8.4C2H6/c1-10(2)7-11-8-5-3-4-6-9(8)12-10;1-3-4-2;1-3-2;4*1-2/h3-6H,7H2,1-2H3;3-4H2,1-2H3;3H2,1-2H3;4*1-2H3. The minimum absolute atomic E-state index is 0.200. The summed E-state index contributed by atoms with van der Waals surface area (Å²) in [6.45, 7) is 29.3. The van der Waals surface area contributed by atoms with E-state index in [-0.39, 0.29) is 5.60 Å². The fourth-order valence-corrected chi connectivity index (χ4v) is 1.23. The van der Waals surface area contributed by atoms with Crippen molar-refractivity contribution < 1.29 is 9.47 Å². The third-order valence-electron chi connectivity index (χ3n) is 2.31. The lowest BCUT2D eigenvalue weighted by Crippen LogP contribution is -2.38. The van der Waals surface area contributed by atoms with E-state index in [2.05, 4.69) is 27.7 Å². The SMILES string of the molecule is CC.CC.CC.CC.CC1(C)COc2ccccc2O1.CCC.CCCC. The Morgan fingerprint density at radius 1 is 0.704 bits per heavy atom. The van der Waals surface area contributed by atoms with Crippen LogP contribution in [0.15, 0.2) is 24.3 Å². The summed E-state index contributed by atoms with van der Waals surface area (Å²) in [5, 5.41) is 0. The maximum Gasteiger partial charge on any atom is 0.162 e. The minimum Gasteiger partial charge on any atom is -0.486 e. The fourth-order valence-electron chi connectivity index (χ4n) is 1.23. The first-order valence-corrected chi connectivity index (χ1v) is 11.4. The summed E-state index contributed by atoms with van der Waals surface area (Å²) in [5.41, 5.74) is -0.200. The van der Waals surface area contributed by atoms with Crippen molar-refractivity contribution in [1.29, 1.82) is 0 Å². The van der Waals surface area contributed by atoms with Crippen LogP contribution >= 0.6 is 0 Å². The van der Waals surface area contributed by atoms with E-state index < -0.39 is 0 Å². The Hall–Kier alpha value is -1.18. The van der Waals surface area contributed by atoms with Crippen LogP contribution in [0.5, 0.6) is 11.5 Å². The summed E-state index contributed by atoms with van der Waals surface area (Å²) in [6.07, 6.45) is 3.89. The van der Waals surface area contributed by atoms with Gasteiger partial charge in [-0.05, 0) is 26.0 Å². The van der Waals surface area contributed by atoms with Crippen LogP contribution in [0.2, 0.25) is 0 Å². The van der Waals surface area contributed by atoms with Crippen molar-refractivity contribution in [1.82, 2.24) is 0 Å². The van der Waals surface area contributed by atoms with Crippen molar-refractivity contribution in [2.75, 3.05) is 6.61 Å². The summed E-state index contributed by atoms with van der Waals surface area (Å²) < 4.78 is 11.2. The molecule has 2 heteroatoms. The molecule has 2 nitrogen and oxygen atoms in total. The quantitative estimate of drug-likeness (QED) is 0.478. The van der Waals surface area contributed by atoms with Gasteiger partial charge in [0.2, 0.25) is 0 Å². The zero-order valence-corrected chi connectivity index (χ0v) is 21.5. The molecule has 2 rings (SSSR count). The van der Waals surface area contributed by atoms with Gasteiger partial charge in [-0.15, -0.1) is 0 Å². The van der Waals surface area contributed by atoms with Gasteiger partial charge in [-0.2, -0.15) is 0 Å². The van der Waals surface area contributed by atoms with Crippen LogP contribution in [0.25, 0.3) is 0 Å². The van der Waals surface area contributed by atoms with Gasteiger partial charge in [-0.25, -0.2) is 0 Å². The van der Waals surface area contributed by atoms with Crippen LogP contribution < -0.4 is 9.47 Å². The van der Waals surface area contributed by atoms with Gasteiger partial charge < -0.3 is 9.47 Å². The minimum atomic E-state index is -0.200. The smallest absolute Gasteiger partial charge is 0.162 e. The van der Waals surface area contributed by atoms with E-state index in [9.17, 15) is 0 Å². The second-order valence-electron chi connectivity index (χ2n) is 5.30. The molecule has 0 unspecified atom stereocenters. The van der Waals surface area contributed by atoms with E-state index >= 15 is 0 Å². The molecule has 166 valence electrons. The molecular formula is C25H54O2. The number of fused-ring (bicyclic) bond motifs is 1. The van der Waals surface area contributed by atoms with Crippen LogP contribution in [0, 0.1) is 0 Å². The van der Waals surface area contributed by atoms with Crippen molar-refractivity contribution in [3.05, 3.63) is 24.3 Å². The molecule has 0 fully saturated rings. The van der Waals surface area contributed by atoms with E-state index in [0.717, 1.165) is 11.5 Å². The van der Waals surface area contributed by atoms with E-state index in [1.54, 1.807) is 0 Å². The molecular weight excluding hydrogens is 332 g/mol. The first-order chi connectivity index (χ1) is 13.0. The predicted molar refractivity (Wildman–Crippen MR) is 129 cm³/mol. The molecule has 0 saturated carbocycles. The van der Waals surface area contributed by atoms with E-state index in [1.165, 1.54) is 19.3 Å². The van der Waals surface area contributed by atoms with Gasteiger partial charge in [0.15, 0.2) is 11.5 Å². The van der Waals surface area contributed by atoms with Gasteiger partial charge in [0.25, 0.3) is 0 Å². The molecule has 27 heavy (non-hydrogen) atoms. The monoisotopic (exact) mass is 386 g/mol. The normalized spacial score (nSPS) is 11.0. The second-order valence-corrected chi connectivity index (χ2v) is 5.30. The molecule has 1 aromatic carbocycles. The molecule has 0 N–H and O–H groups in total. The zero-order chi connectivity index (χ0) is 22.7. The van der Waals surface area contributed by atoms with Gasteiger partial charge in [0.05, 0.1) is 0 Å². The lowest BCUT2D eigenvalue weighted by Gasteiger charge is -2.32. The lowest BCUT2D eigenvalue weighted by atomic mass is 10.1. The highest BCUT2D eigenvalue weighted by Gasteiger charge is 2.27. The maximum atomic E-state index is 5.69. The van der Waals surface area contributed by atoms with Gasteiger partial charge in [0, 0.05) is 0 Å². The number of rotatable bonds is 1. The summed E-state index contributed by atoms with van der Waals surface area (Å²) in [7, 11) is 0. The Labute approximate surface area is 174 Å². The van der Waals surface area contributed by atoms with Gasteiger partial charge in [0.1, 0.15) is 12.2 Å². The molecule has 1 aromatic rings. The number of hydrogen-bond donors (Lipinski definition) is 0. The predicted octanol–water partition coefficient (Wildman–Crippen LogP) is 9.56. The third-order valence-corrected chi connectivity index (χ3v) is 2.31. The maximum absolute atomic E-state index is 5.69. The highest BCUT2D eigenvalue weighted by molar-refractivity contribution is 5.41. The van der Waals surface area contributed by atoms with Crippen LogP contribution in [0.3, 0.4) is 0 Å². The summed E-state index contributed by atoms with van der Waals surface area (Å²) in [5.74, 6) is 1.69. The second kappa shape index (κ2) is 32.5. The van der Waals surface area contributed by atoms with Crippen molar-refractivity contribution >= 4 is 0 Å². The molecule has 0 atom stereocenters. The van der Waals surface area contributed by atoms with Crippen molar-refractivity contribution in [3.63, 3.8) is 0 Å². The van der Waals surface area contributed by atoms with Crippen LogP contribution in [0.1, 0.15) is 116 Å². The molecule has 0 saturated heterocycles. The van der Waals surface area contributed by atoms with E-state index in [1.807, 2.05) is 93.5 Å². The molecule has 0 bridgehead atoms. The number of hydrogen-bond acceptors (Lipinski definition) is 2. The lowest BCUT2D eigenvalue weighted by molar-refractivity contribution is 0.0213. The van der Waals surface area contributed by atoms with Crippen LogP contribution in [0.4, 0.5) is 0 Å². The van der Waals surface area contributed by atoms with Crippen LogP contribution in [-0.4, -0.2) is 12.2 Å². The van der Waals surface area contributed by atoms with E-state index in [4.69, 9.17) is 9.47 Å². The Bertz CT molecular complexity index is 331. The third kappa shape index (κ3) is 27.1. The van der Waals surface area contributed by atoms with E-state index in [0.29, 0.717) is 6.61 Å². The zero-order valence-electron chi connectivity index (χ0n) is 21.5. The molecule has 1 aliphatic heterocycles. The van der Waals surface area contributed by atoms with Crippen molar-refractivity contribution in [2.45, 2.75) is 122 Å². The van der Waals surface area contributed by atoms with Gasteiger partial charge in [-0.3, -0.25) is 0 Å². The first kappa shape index (κ1) is 36.7. The Morgan fingerprint density at radius 2 is 1.04 bits per heavy atom. The fraction of sp³-hybridized carbons (Fsp3) is 0.760. The molecule has 0 aromatic heterocycles. The Balaban J connectivity index is -0.0000000910. The number of benzene rings is 1. The van der Waals surface area contributed by atoms with Crippen LogP contribution in [-0.2, 0) is 0 Å². The number of ether oxygens (including phenoxy) is 2. The van der Waals surface area contributed by atoms with Gasteiger partial charge in [-0.1, -0.05) is 114 Å². The molecule has 0 radical (unpaired) electrons. The highest BCUT2D eigenvalue weighted by atomic mass is 16.6. The summed E-state index contributed by atoms with van der Waals surface area (Å²) in [4.78, 5) is 0. The molecule has 1 heterocycles. The first-order valence-electron chi connectivity index (χ1n) is 11.4. The summed E-state index contributed by atoms with van der Waals surface area (Å²) >= 11 is 0. The largest absolute Gasteiger partial charge is 0.486 e. The molecule has 0 spiro atoms. The molecule has 1 aliphatic rings. The topological polar surface area (TPSA) is 18.5 Å². The average molecular weight is 387 g/mol. The van der Waals surface area contributed by atoms with Gasteiger partial charge >= 0.3 is 0 Å². The summed E-state index contributed by atoms with van der Waals surface area (Å²) in [6, 6.07) is 7.74. The van der Waals surface area contributed by atoms with Crippen molar-refractivity contribution in [3.8, 4) is 11.5 Å². The average Bonchev–Trinajstić information content (AvgIpc) is 2.74. The number of para-hydroxylation sites is 2. The molecule has 0 aliphatic carbocycles. The number of unbranched alkanes of at least 4 members (excludes halogenated alkanes) is 1. The Kier molecular flexibility index (Phi) is 44.2. The molecule has 0 amide bonds. The Morgan fingerprint density at radius 3 is 1.37 bits per heavy atom. The highest BCUT2D eigenvalue weighted by Crippen LogP contribution is 2.34.